The number of aromatic nitrogens is 1. The highest BCUT2D eigenvalue weighted by atomic mass is 28.3. The second-order valence-corrected chi connectivity index (χ2v) is 17.6. The zero-order valence-corrected chi connectivity index (χ0v) is 25.3. The number of amides is 1. The first-order chi connectivity index (χ1) is 18.3. The zero-order valence-electron chi connectivity index (χ0n) is 24.3. The minimum Gasteiger partial charge on any atom is -0.489 e. The summed E-state index contributed by atoms with van der Waals surface area (Å²) in [4.78, 5) is 40.0. The van der Waals surface area contributed by atoms with Crippen LogP contribution in [0.3, 0.4) is 0 Å². The fourth-order valence-corrected chi connectivity index (χ4v) is 5.07. The van der Waals surface area contributed by atoms with Gasteiger partial charge in [-0.3, -0.25) is 9.59 Å². The average Bonchev–Trinajstić information content (AvgIpc) is 3.20. The number of carbonyl (C=O) groups excluding carboxylic acids is 3. The molecule has 2 aromatic rings. The summed E-state index contributed by atoms with van der Waals surface area (Å²) in [7, 11) is -1.29. The quantitative estimate of drug-likeness (QED) is 0.264. The number of Topliss-reactive ketones (excluding diaryl/α,β-unsaturated/α-hetero) is 2. The Morgan fingerprint density at radius 3 is 2.36 bits per heavy atom. The monoisotopic (exact) mass is 554 g/mol. The van der Waals surface area contributed by atoms with Gasteiger partial charge < -0.3 is 24.1 Å². The molecule has 212 valence electrons. The van der Waals surface area contributed by atoms with Crippen LogP contribution in [0, 0.1) is 0 Å². The number of rotatable bonds is 12. The Hall–Kier alpha value is -3.17. The Morgan fingerprint density at radius 2 is 1.74 bits per heavy atom. The number of nitrogens with zero attached hydrogens (tertiary/aromatic N) is 1. The first kappa shape index (κ1) is 30.4. The molecule has 1 N–H and O–H groups in total. The van der Waals surface area contributed by atoms with Crippen molar-refractivity contribution >= 4 is 25.7 Å². The van der Waals surface area contributed by atoms with Crippen molar-refractivity contribution in [2.24, 2.45) is 0 Å². The van der Waals surface area contributed by atoms with Gasteiger partial charge in [0.2, 0.25) is 5.78 Å². The van der Waals surface area contributed by atoms with Gasteiger partial charge in [-0.15, -0.1) is 0 Å². The van der Waals surface area contributed by atoms with Crippen molar-refractivity contribution in [3.63, 3.8) is 0 Å². The van der Waals surface area contributed by atoms with Crippen molar-refractivity contribution in [2.45, 2.75) is 78.6 Å². The van der Waals surface area contributed by atoms with Gasteiger partial charge in [0, 0.05) is 33.8 Å². The molecule has 0 atom stereocenters. The van der Waals surface area contributed by atoms with E-state index in [1.807, 2.05) is 30.3 Å². The van der Waals surface area contributed by atoms with Crippen LogP contribution in [0.4, 0.5) is 4.79 Å². The van der Waals surface area contributed by atoms with Crippen LogP contribution in [-0.2, 0) is 33.8 Å². The summed E-state index contributed by atoms with van der Waals surface area (Å²) in [6.07, 6.45) is 1.90. The molecule has 1 amide bonds. The van der Waals surface area contributed by atoms with E-state index in [0.717, 1.165) is 11.6 Å². The molecule has 0 radical (unpaired) electrons. The smallest absolute Gasteiger partial charge is 0.407 e. The fourth-order valence-electron chi connectivity index (χ4n) is 4.31. The molecule has 1 aliphatic rings. The van der Waals surface area contributed by atoms with Crippen LogP contribution in [0.15, 0.2) is 47.9 Å². The van der Waals surface area contributed by atoms with Crippen molar-refractivity contribution in [3.8, 4) is 0 Å². The molecule has 0 saturated heterocycles. The van der Waals surface area contributed by atoms with Crippen LogP contribution in [0.1, 0.15) is 59.7 Å². The second kappa shape index (κ2) is 12.8. The first-order valence-corrected chi connectivity index (χ1v) is 17.3. The van der Waals surface area contributed by atoms with E-state index < -0.39 is 19.8 Å². The third-order valence-corrected chi connectivity index (χ3v) is 7.86. The van der Waals surface area contributed by atoms with Gasteiger partial charge in [0.25, 0.3) is 0 Å². The Bertz CT molecular complexity index is 1220. The molecule has 0 unspecified atom stereocenters. The third-order valence-electron chi connectivity index (χ3n) is 6.16. The predicted octanol–water partition coefficient (Wildman–Crippen LogP) is 5.78. The first-order valence-electron chi connectivity index (χ1n) is 13.6. The molecule has 0 bridgehead atoms. The molecule has 8 nitrogen and oxygen atoms in total. The number of hydrogen-bond donors (Lipinski definition) is 1. The van der Waals surface area contributed by atoms with Gasteiger partial charge in [-0.25, -0.2) is 4.79 Å². The summed E-state index contributed by atoms with van der Waals surface area (Å²) >= 11 is 0. The molecule has 0 spiro atoms. The Labute approximate surface area is 232 Å². The summed E-state index contributed by atoms with van der Waals surface area (Å²) in [5.74, 6) is -0.457. The molecule has 9 heteroatoms. The average molecular weight is 555 g/mol. The molecule has 1 aliphatic carbocycles. The maximum Gasteiger partial charge on any atom is 0.407 e. The molecule has 1 aromatic carbocycles. The number of alkyl carbamates (subject to hydrolysis) is 1. The topological polar surface area (TPSA) is 95.9 Å². The Morgan fingerprint density at radius 1 is 1.05 bits per heavy atom. The lowest BCUT2D eigenvalue weighted by Crippen LogP contribution is -2.33. The van der Waals surface area contributed by atoms with Crippen molar-refractivity contribution in [1.82, 2.24) is 9.88 Å². The van der Waals surface area contributed by atoms with E-state index in [2.05, 4.69) is 25.0 Å². The van der Waals surface area contributed by atoms with Crippen molar-refractivity contribution in [3.05, 3.63) is 70.2 Å². The van der Waals surface area contributed by atoms with E-state index in [1.165, 1.54) is 0 Å². The number of ether oxygens (including phenoxy) is 3. The zero-order chi connectivity index (χ0) is 28.8. The van der Waals surface area contributed by atoms with E-state index in [1.54, 1.807) is 38.5 Å². The maximum atomic E-state index is 14.0. The normalized spacial score (nSPS) is 13.9. The van der Waals surface area contributed by atoms with Crippen molar-refractivity contribution in [2.75, 3.05) is 19.8 Å². The molecule has 0 aliphatic heterocycles. The van der Waals surface area contributed by atoms with E-state index >= 15 is 0 Å². The highest BCUT2D eigenvalue weighted by Crippen LogP contribution is 2.33. The maximum absolute atomic E-state index is 14.0. The van der Waals surface area contributed by atoms with Crippen molar-refractivity contribution in [1.29, 1.82) is 0 Å². The van der Waals surface area contributed by atoms with E-state index in [0.29, 0.717) is 29.7 Å². The van der Waals surface area contributed by atoms with Crippen LogP contribution in [0.2, 0.25) is 25.7 Å². The number of allylic oxidation sites excluding steroid dienone is 2. The SMILES string of the molecule is CCOC1=C(Cc2ccccc2)C(=O)c2c(CCNC(=O)OC(C)(C)C)cn(COCC[Si](C)(C)C)c2C1=O. The number of nitrogens with one attached hydrogen (secondary N) is 1. The predicted molar refractivity (Wildman–Crippen MR) is 154 cm³/mol. The molecule has 39 heavy (non-hydrogen) atoms. The lowest BCUT2D eigenvalue weighted by atomic mass is 9.86. The van der Waals surface area contributed by atoms with Crippen LogP contribution < -0.4 is 5.32 Å². The molecule has 1 aromatic heterocycles. The van der Waals surface area contributed by atoms with Crippen molar-refractivity contribution < 1.29 is 28.6 Å². The number of fused-ring (bicyclic) bond motifs is 1. The van der Waals surface area contributed by atoms with Gasteiger partial charge in [0.15, 0.2) is 11.5 Å². The lowest BCUT2D eigenvalue weighted by molar-refractivity contribution is 0.0528. The van der Waals surface area contributed by atoms with E-state index in [4.69, 9.17) is 14.2 Å². The van der Waals surface area contributed by atoms with Crippen LogP contribution >= 0.6 is 0 Å². The standard InChI is InChI=1S/C30H42N2O6Si/c1-8-37-28-23(18-21-12-10-9-11-13-21)26(33)24-22(14-15-31-29(35)38-30(2,3)4)19-32(25(24)27(28)34)20-36-16-17-39(5,6)7/h9-13,19H,8,14-18,20H2,1-7H3,(H,31,35). The highest BCUT2D eigenvalue weighted by Gasteiger charge is 2.38. The molecule has 0 saturated carbocycles. The summed E-state index contributed by atoms with van der Waals surface area (Å²) in [5.41, 5.74) is 1.95. The Kier molecular flexibility index (Phi) is 9.96. The summed E-state index contributed by atoms with van der Waals surface area (Å²) in [6.45, 7) is 15.3. The minimum atomic E-state index is -1.29. The molecular weight excluding hydrogens is 512 g/mol. The number of hydrogen-bond acceptors (Lipinski definition) is 6. The Balaban J connectivity index is 1.93. The van der Waals surface area contributed by atoms with Gasteiger partial charge in [-0.2, -0.15) is 0 Å². The molecule has 1 heterocycles. The van der Waals surface area contributed by atoms with Crippen LogP contribution in [-0.4, -0.2) is 55.7 Å². The number of benzene rings is 1. The second-order valence-electron chi connectivity index (χ2n) is 11.9. The third kappa shape index (κ3) is 8.40. The van der Waals surface area contributed by atoms with Gasteiger partial charge in [-0.05, 0) is 51.3 Å². The highest BCUT2D eigenvalue weighted by molar-refractivity contribution is 6.76. The minimum absolute atomic E-state index is 0.0960. The fraction of sp³-hybridized carbons (Fsp3) is 0.500. The number of ketones is 2. The summed E-state index contributed by atoms with van der Waals surface area (Å²) < 4.78 is 18.8. The van der Waals surface area contributed by atoms with Crippen LogP contribution in [0.25, 0.3) is 0 Å². The summed E-state index contributed by atoms with van der Waals surface area (Å²) in [6, 6.07) is 10.5. The van der Waals surface area contributed by atoms with Gasteiger partial charge >= 0.3 is 6.09 Å². The van der Waals surface area contributed by atoms with E-state index in [9.17, 15) is 14.4 Å². The lowest BCUT2D eigenvalue weighted by Gasteiger charge is -2.22. The molecule has 0 fully saturated rings. The molecular formula is C30H42N2O6Si. The number of carbonyl (C=O) groups is 3. The summed E-state index contributed by atoms with van der Waals surface area (Å²) in [5, 5.41) is 2.75. The largest absolute Gasteiger partial charge is 0.489 e. The van der Waals surface area contributed by atoms with Crippen LogP contribution in [0.5, 0.6) is 0 Å². The van der Waals surface area contributed by atoms with Gasteiger partial charge in [0.1, 0.15) is 18.0 Å². The molecule has 3 rings (SSSR count). The van der Waals surface area contributed by atoms with E-state index in [-0.39, 0.29) is 49.3 Å². The van der Waals surface area contributed by atoms with Gasteiger partial charge in [-0.1, -0.05) is 50.0 Å². The van der Waals surface area contributed by atoms with Gasteiger partial charge in [0.05, 0.1) is 17.7 Å².